The van der Waals surface area contributed by atoms with Crippen LogP contribution in [0.3, 0.4) is 0 Å². The Morgan fingerprint density at radius 2 is 2.10 bits per heavy atom. The standard InChI is InChI=1S/C17H30N2O2/c1-7-9-13(2)18-14(3)12-15-10-8-11-19(15)16(20)21-17(4,5)6/h1,13-15,18H,8-12H2,2-6H3. The van der Waals surface area contributed by atoms with Crippen molar-refractivity contribution in [1.82, 2.24) is 10.2 Å². The van der Waals surface area contributed by atoms with Crippen LogP contribution >= 0.6 is 0 Å². The summed E-state index contributed by atoms with van der Waals surface area (Å²) in [6.45, 7) is 10.8. The molecule has 1 aliphatic rings. The lowest BCUT2D eigenvalue weighted by Crippen LogP contribution is -2.43. The van der Waals surface area contributed by atoms with Gasteiger partial charge in [0.05, 0.1) is 0 Å². The highest BCUT2D eigenvalue weighted by molar-refractivity contribution is 5.68. The van der Waals surface area contributed by atoms with Gasteiger partial charge in [-0.05, 0) is 53.9 Å². The molecule has 1 aliphatic heterocycles. The van der Waals surface area contributed by atoms with Crippen LogP contribution in [0.1, 0.15) is 60.3 Å². The van der Waals surface area contributed by atoms with Gasteiger partial charge < -0.3 is 15.0 Å². The molecule has 4 nitrogen and oxygen atoms in total. The van der Waals surface area contributed by atoms with Crippen LogP contribution in [0.4, 0.5) is 4.79 Å². The number of carbonyl (C=O) groups excluding carboxylic acids is 1. The summed E-state index contributed by atoms with van der Waals surface area (Å²) in [5.41, 5.74) is -0.435. The first kappa shape index (κ1) is 17.8. The van der Waals surface area contributed by atoms with E-state index in [1.54, 1.807) is 0 Å². The maximum absolute atomic E-state index is 12.2. The number of amides is 1. The molecule has 0 bridgehead atoms. The van der Waals surface area contributed by atoms with Crippen molar-refractivity contribution in [2.75, 3.05) is 6.54 Å². The van der Waals surface area contributed by atoms with Crippen molar-refractivity contribution in [2.45, 2.75) is 84.0 Å². The zero-order chi connectivity index (χ0) is 16.0. The fourth-order valence-electron chi connectivity index (χ4n) is 2.84. The highest BCUT2D eigenvalue weighted by Gasteiger charge is 2.32. The molecule has 0 aromatic heterocycles. The highest BCUT2D eigenvalue weighted by Crippen LogP contribution is 2.24. The Balaban J connectivity index is 2.50. The van der Waals surface area contributed by atoms with Crippen LogP contribution in [0.15, 0.2) is 0 Å². The average molecular weight is 294 g/mol. The fraction of sp³-hybridized carbons (Fsp3) is 0.824. The Morgan fingerprint density at radius 1 is 1.43 bits per heavy atom. The predicted molar refractivity (Wildman–Crippen MR) is 86.1 cm³/mol. The molecule has 1 fully saturated rings. The average Bonchev–Trinajstić information content (AvgIpc) is 2.74. The van der Waals surface area contributed by atoms with Crippen molar-refractivity contribution >= 4 is 6.09 Å². The third-order valence-electron chi connectivity index (χ3n) is 3.62. The van der Waals surface area contributed by atoms with E-state index in [4.69, 9.17) is 11.2 Å². The second-order valence-electron chi connectivity index (χ2n) is 7.08. The van der Waals surface area contributed by atoms with Crippen LogP contribution < -0.4 is 5.32 Å². The summed E-state index contributed by atoms with van der Waals surface area (Å²) in [4.78, 5) is 14.1. The number of hydrogen-bond acceptors (Lipinski definition) is 3. The minimum absolute atomic E-state index is 0.186. The fourth-order valence-corrected chi connectivity index (χ4v) is 2.84. The minimum atomic E-state index is -0.435. The van der Waals surface area contributed by atoms with Crippen molar-refractivity contribution in [3.05, 3.63) is 0 Å². The van der Waals surface area contributed by atoms with Gasteiger partial charge in [0, 0.05) is 31.1 Å². The van der Waals surface area contributed by atoms with Gasteiger partial charge in [-0.2, -0.15) is 0 Å². The van der Waals surface area contributed by atoms with Gasteiger partial charge in [0.1, 0.15) is 5.60 Å². The van der Waals surface area contributed by atoms with Crippen molar-refractivity contribution < 1.29 is 9.53 Å². The Morgan fingerprint density at radius 3 is 2.67 bits per heavy atom. The van der Waals surface area contributed by atoms with E-state index in [2.05, 4.69) is 25.1 Å². The molecule has 4 heteroatoms. The first-order chi connectivity index (χ1) is 9.73. The normalized spacial score (nSPS) is 21.7. The molecule has 1 amide bonds. The summed E-state index contributed by atoms with van der Waals surface area (Å²) in [5, 5.41) is 3.49. The molecule has 0 spiro atoms. The molecular formula is C17H30N2O2. The molecule has 21 heavy (non-hydrogen) atoms. The van der Waals surface area contributed by atoms with E-state index in [9.17, 15) is 4.79 Å². The largest absolute Gasteiger partial charge is 0.444 e. The summed E-state index contributed by atoms with van der Waals surface area (Å²) in [6.07, 6.45) is 8.91. The quantitative estimate of drug-likeness (QED) is 0.792. The van der Waals surface area contributed by atoms with E-state index in [0.717, 1.165) is 32.2 Å². The molecule has 3 unspecified atom stereocenters. The molecule has 1 heterocycles. The molecule has 1 saturated heterocycles. The lowest BCUT2D eigenvalue weighted by Gasteiger charge is -2.30. The Bertz CT molecular complexity index is 381. The van der Waals surface area contributed by atoms with Gasteiger partial charge in [0.25, 0.3) is 0 Å². The number of nitrogens with one attached hydrogen (secondary N) is 1. The molecule has 0 aromatic carbocycles. The SMILES string of the molecule is C#CCC(C)NC(C)CC1CCCN1C(=O)OC(C)(C)C. The molecular weight excluding hydrogens is 264 g/mol. The van der Waals surface area contributed by atoms with E-state index < -0.39 is 5.60 Å². The van der Waals surface area contributed by atoms with E-state index >= 15 is 0 Å². The van der Waals surface area contributed by atoms with Crippen molar-refractivity contribution in [1.29, 1.82) is 0 Å². The van der Waals surface area contributed by atoms with Gasteiger partial charge in [-0.25, -0.2) is 4.79 Å². The van der Waals surface area contributed by atoms with E-state index in [1.807, 2.05) is 25.7 Å². The first-order valence-electron chi connectivity index (χ1n) is 7.92. The van der Waals surface area contributed by atoms with Gasteiger partial charge in [-0.1, -0.05) is 0 Å². The van der Waals surface area contributed by atoms with Gasteiger partial charge in [0.2, 0.25) is 0 Å². The maximum Gasteiger partial charge on any atom is 0.410 e. The van der Waals surface area contributed by atoms with Crippen LogP contribution in [0.5, 0.6) is 0 Å². The third kappa shape index (κ3) is 6.39. The van der Waals surface area contributed by atoms with E-state index in [0.29, 0.717) is 12.1 Å². The van der Waals surface area contributed by atoms with Crippen LogP contribution in [0, 0.1) is 12.3 Å². The zero-order valence-electron chi connectivity index (χ0n) is 14.1. The predicted octanol–water partition coefficient (Wildman–Crippen LogP) is 3.17. The number of likely N-dealkylation sites (tertiary alicyclic amines) is 1. The van der Waals surface area contributed by atoms with Crippen molar-refractivity contribution in [3.63, 3.8) is 0 Å². The Kier molecular flexibility index (Phi) is 6.54. The molecule has 0 aliphatic carbocycles. The van der Waals surface area contributed by atoms with E-state index in [-0.39, 0.29) is 12.1 Å². The Labute approximate surface area is 129 Å². The third-order valence-corrected chi connectivity index (χ3v) is 3.62. The molecule has 1 rings (SSSR count). The lowest BCUT2D eigenvalue weighted by molar-refractivity contribution is 0.0214. The number of hydrogen-bond donors (Lipinski definition) is 1. The lowest BCUT2D eigenvalue weighted by atomic mass is 10.0. The van der Waals surface area contributed by atoms with Crippen LogP contribution in [-0.4, -0.2) is 41.3 Å². The van der Waals surface area contributed by atoms with Crippen molar-refractivity contribution in [3.8, 4) is 12.3 Å². The van der Waals surface area contributed by atoms with E-state index in [1.165, 1.54) is 0 Å². The van der Waals surface area contributed by atoms with Gasteiger partial charge in [0.15, 0.2) is 0 Å². The smallest absolute Gasteiger partial charge is 0.410 e. The minimum Gasteiger partial charge on any atom is -0.444 e. The van der Waals surface area contributed by atoms with Crippen molar-refractivity contribution in [2.24, 2.45) is 0 Å². The number of nitrogens with zero attached hydrogens (tertiary/aromatic N) is 1. The van der Waals surface area contributed by atoms with Gasteiger partial charge >= 0.3 is 6.09 Å². The second-order valence-corrected chi connectivity index (χ2v) is 7.08. The van der Waals surface area contributed by atoms with Crippen LogP contribution in [-0.2, 0) is 4.74 Å². The molecule has 1 N–H and O–H groups in total. The first-order valence-corrected chi connectivity index (χ1v) is 7.92. The zero-order valence-corrected chi connectivity index (χ0v) is 14.1. The molecule has 0 aromatic rings. The summed E-state index contributed by atoms with van der Waals surface area (Å²) in [5.74, 6) is 2.67. The van der Waals surface area contributed by atoms with Gasteiger partial charge in [-0.15, -0.1) is 12.3 Å². The highest BCUT2D eigenvalue weighted by atomic mass is 16.6. The van der Waals surface area contributed by atoms with Crippen LogP contribution in [0.25, 0.3) is 0 Å². The number of rotatable bonds is 5. The summed E-state index contributed by atoms with van der Waals surface area (Å²) < 4.78 is 5.49. The number of terminal acetylenes is 1. The Hall–Kier alpha value is -1.21. The monoisotopic (exact) mass is 294 g/mol. The summed E-state index contributed by atoms with van der Waals surface area (Å²) in [6, 6.07) is 0.906. The van der Waals surface area contributed by atoms with Crippen LogP contribution in [0.2, 0.25) is 0 Å². The summed E-state index contributed by atoms with van der Waals surface area (Å²) >= 11 is 0. The maximum atomic E-state index is 12.2. The topological polar surface area (TPSA) is 41.6 Å². The molecule has 0 radical (unpaired) electrons. The molecule has 120 valence electrons. The number of ether oxygens (including phenoxy) is 1. The molecule has 3 atom stereocenters. The second kappa shape index (κ2) is 7.70. The molecule has 0 saturated carbocycles. The van der Waals surface area contributed by atoms with Gasteiger partial charge in [-0.3, -0.25) is 0 Å². The summed E-state index contributed by atoms with van der Waals surface area (Å²) in [7, 11) is 0. The number of carbonyl (C=O) groups is 1.